The van der Waals surface area contributed by atoms with Crippen LogP contribution < -0.4 is 15.7 Å². The van der Waals surface area contributed by atoms with E-state index < -0.39 is 11.5 Å². The smallest absolute Gasteiger partial charge is 0.349 e. The van der Waals surface area contributed by atoms with Crippen molar-refractivity contribution in [3.05, 3.63) is 76.1 Å². The molecule has 0 aliphatic heterocycles. The maximum absolute atomic E-state index is 12.2. The average molecular weight is 309 g/mol. The number of carbonyl (C=O) groups excluding carboxylic acids is 1. The third-order valence-corrected chi connectivity index (χ3v) is 3.48. The fraction of sp³-hybridized carbons (Fsp3) is 0.111. The standard InChI is InChI=1S/C18H15NO4/c1-22-15-9-5-8-13-10-14(18(21)23-16(13)15)17(20)19-11-12-6-3-2-4-7-12/h2-10H,11H2,1H3,(H,19,20). The lowest BCUT2D eigenvalue weighted by molar-refractivity contribution is 0.0947. The van der Waals surface area contributed by atoms with E-state index in [0.29, 0.717) is 23.3 Å². The molecule has 0 saturated carbocycles. The quantitative estimate of drug-likeness (QED) is 0.752. The summed E-state index contributed by atoms with van der Waals surface area (Å²) in [6.07, 6.45) is 0. The van der Waals surface area contributed by atoms with E-state index in [-0.39, 0.29) is 5.56 Å². The van der Waals surface area contributed by atoms with E-state index in [4.69, 9.17) is 9.15 Å². The van der Waals surface area contributed by atoms with Crippen molar-refractivity contribution in [3.8, 4) is 5.75 Å². The SMILES string of the molecule is COc1cccc2cc(C(=O)NCc3ccccc3)c(=O)oc12. The first-order chi connectivity index (χ1) is 11.2. The summed E-state index contributed by atoms with van der Waals surface area (Å²) >= 11 is 0. The summed E-state index contributed by atoms with van der Waals surface area (Å²) in [6, 6.07) is 16.2. The molecule has 0 fully saturated rings. The summed E-state index contributed by atoms with van der Waals surface area (Å²) in [6.45, 7) is 0.343. The van der Waals surface area contributed by atoms with Crippen molar-refractivity contribution in [1.29, 1.82) is 0 Å². The van der Waals surface area contributed by atoms with Crippen LogP contribution in [0, 0.1) is 0 Å². The van der Waals surface area contributed by atoms with Gasteiger partial charge < -0.3 is 14.5 Å². The number of para-hydroxylation sites is 1. The van der Waals surface area contributed by atoms with Gasteiger partial charge in [0, 0.05) is 11.9 Å². The Morgan fingerprint density at radius 3 is 2.65 bits per heavy atom. The van der Waals surface area contributed by atoms with Crippen molar-refractivity contribution in [2.45, 2.75) is 6.54 Å². The predicted octanol–water partition coefficient (Wildman–Crippen LogP) is 2.73. The number of nitrogens with one attached hydrogen (secondary N) is 1. The van der Waals surface area contributed by atoms with Crippen LogP contribution in [0.4, 0.5) is 0 Å². The second-order valence-corrected chi connectivity index (χ2v) is 4.99. The monoisotopic (exact) mass is 309 g/mol. The third kappa shape index (κ3) is 3.08. The average Bonchev–Trinajstić information content (AvgIpc) is 2.59. The molecule has 5 nitrogen and oxygen atoms in total. The number of rotatable bonds is 4. The Kier molecular flexibility index (Phi) is 4.10. The van der Waals surface area contributed by atoms with Crippen LogP contribution in [0.15, 0.2) is 63.8 Å². The fourth-order valence-electron chi connectivity index (χ4n) is 2.31. The summed E-state index contributed by atoms with van der Waals surface area (Å²) in [5, 5.41) is 3.35. The Hall–Kier alpha value is -3.08. The summed E-state index contributed by atoms with van der Waals surface area (Å²) < 4.78 is 10.4. The van der Waals surface area contributed by atoms with E-state index in [0.717, 1.165) is 5.56 Å². The van der Waals surface area contributed by atoms with Crippen LogP contribution in [0.2, 0.25) is 0 Å². The van der Waals surface area contributed by atoms with Crippen molar-refractivity contribution in [3.63, 3.8) is 0 Å². The highest BCUT2D eigenvalue weighted by Gasteiger charge is 2.15. The van der Waals surface area contributed by atoms with Crippen LogP contribution in [0.5, 0.6) is 5.75 Å². The molecule has 0 bridgehead atoms. The summed E-state index contributed by atoms with van der Waals surface area (Å²) in [4.78, 5) is 24.3. The molecule has 0 unspecified atom stereocenters. The minimum atomic E-state index is -0.687. The molecule has 0 aliphatic carbocycles. The Balaban J connectivity index is 1.89. The number of ether oxygens (including phenoxy) is 1. The molecular weight excluding hydrogens is 294 g/mol. The molecule has 0 aliphatic rings. The van der Waals surface area contributed by atoms with Crippen LogP contribution in [-0.2, 0) is 6.54 Å². The molecule has 0 spiro atoms. The normalized spacial score (nSPS) is 10.5. The maximum Gasteiger partial charge on any atom is 0.349 e. The van der Waals surface area contributed by atoms with Gasteiger partial charge >= 0.3 is 5.63 Å². The van der Waals surface area contributed by atoms with E-state index in [1.165, 1.54) is 13.2 Å². The van der Waals surface area contributed by atoms with Gasteiger partial charge in [0.15, 0.2) is 11.3 Å². The molecule has 0 radical (unpaired) electrons. The lowest BCUT2D eigenvalue weighted by Crippen LogP contribution is -2.27. The molecule has 3 rings (SSSR count). The number of carbonyl (C=O) groups is 1. The van der Waals surface area contributed by atoms with Gasteiger partial charge in [-0.2, -0.15) is 0 Å². The molecule has 0 saturated heterocycles. The van der Waals surface area contributed by atoms with E-state index in [9.17, 15) is 9.59 Å². The lowest BCUT2D eigenvalue weighted by atomic mass is 10.1. The Labute approximate surface area is 132 Å². The first-order valence-corrected chi connectivity index (χ1v) is 7.12. The molecule has 1 amide bonds. The number of methoxy groups -OCH3 is 1. The fourth-order valence-corrected chi connectivity index (χ4v) is 2.31. The van der Waals surface area contributed by atoms with Gasteiger partial charge in [-0.15, -0.1) is 0 Å². The second-order valence-electron chi connectivity index (χ2n) is 4.99. The highest BCUT2D eigenvalue weighted by molar-refractivity contribution is 5.97. The zero-order valence-corrected chi connectivity index (χ0v) is 12.5. The molecule has 1 heterocycles. The first kappa shape index (κ1) is 14.8. The van der Waals surface area contributed by atoms with E-state index in [1.807, 2.05) is 30.3 Å². The van der Waals surface area contributed by atoms with Crippen LogP contribution >= 0.6 is 0 Å². The van der Waals surface area contributed by atoms with Crippen LogP contribution in [-0.4, -0.2) is 13.0 Å². The summed E-state index contributed by atoms with van der Waals surface area (Å²) in [7, 11) is 1.50. The van der Waals surface area contributed by atoms with Crippen molar-refractivity contribution in [2.75, 3.05) is 7.11 Å². The van der Waals surface area contributed by atoms with Crippen molar-refractivity contribution < 1.29 is 13.9 Å². The van der Waals surface area contributed by atoms with Gasteiger partial charge in [0.05, 0.1) is 7.11 Å². The summed E-state index contributed by atoms with van der Waals surface area (Å²) in [5.74, 6) is -0.0110. The second kappa shape index (κ2) is 6.36. The van der Waals surface area contributed by atoms with Gasteiger partial charge in [-0.05, 0) is 17.7 Å². The highest BCUT2D eigenvalue weighted by atomic mass is 16.5. The van der Waals surface area contributed by atoms with Gasteiger partial charge in [-0.3, -0.25) is 4.79 Å². The van der Waals surface area contributed by atoms with Gasteiger partial charge in [-0.25, -0.2) is 4.79 Å². The molecule has 3 aromatic rings. The van der Waals surface area contributed by atoms with Crippen molar-refractivity contribution in [1.82, 2.24) is 5.32 Å². The van der Waals surface area contributed by atoms with Crippen molar-refractivity contribution >= 4 is 16.9 Å². The topological polar surface area (TPSA) is 68.5 Å². The molecule has 0 atom stereocenters. The van der Waals surface area contributed by atoms with Crippen molar-refractivity contribution in [2.24, 2.45) is 0 Å². The minimum Gasteiger partial charge on any atom is -0.493 e. The molecule has 5 heteroatoms. The maximum atomic E-state index is 12.2. The Morgan fingerprint density at radius 2 is 1.91 bits per heavy atom. The van der Waals surface area contributed by atoms with Gasteiger partial charge in [-0.1, -0.05) is 42.5 Å². The zero-order chi connectivity index (χ0) is 16.2. The summed E-state index contributed by atoms with van der Waals surface area (Å²) in [5.41, 5.74) is 0.571. The van der Waals surface area contributed by atoms with E-state index in [2.05, 4.69) is 5.32 Å². The molecular formula is C18H15NO4. The van der Waals surface area contributed by atoms with Gasteiger partial charge in [0.25, 0.3) is 5.91 Å². The van der Waals surface area contributed by atoms with E-state index >= 15 is 0 Å². The molecule has 116 valence electrons. The molecule has 23 heavy (non-hydrogen) atoms. The zero-order valence-electron chi connectivity index (χ0n) is 12.5. The predicted molar refractivity (Wildman–Crippen MR) is 86.6 cm³/mol. The number of benzene rings is 2. The van der Waals surface area contributed by atoms with Crippen LogP contribution in [0.3, 0.4) is 0 Å². The number of hydrogen-bond donors (Lipinski definition) is 1. The minimum absolute atomic E-state index is 0.0262. The third-order valence-electron chi connectivity index (χ3n) is 3.48. The first-order valence-electron chi connectivity index (χ1n) is 7.12. The highest BCUT2D eigenvalue weighted by Crippen LogP contribution is 2.24. The van der Waals surface area contributed by atoms with Gasteiger partial charge in [0.2, 0.25) is 0 Å². The van der Waals surface area contributed by atoms with Crippen LogP contribution in [0.1, 0.15) is 15.9 Å². The van der Waals surface area contributed by atoms with Crippen LogP contribution in [0.25, 0.3) is 11.0 Å². The molecule has 1 aromatic heterocycles. The largest absolute Gasteiger partial charge is 0.493 e. The molecule has 2 aromatic carbocycles. The number of hydrogen-bond acceptors (Lipinski definition) is 4. The Morgan fingerprint density at radius 1 is 1.13 bits per heavy atom. The molecule has 1 N–H and O–H groups in total. The van der Waals surface area contributed by atoms with Gasteiger partial charge in [0.1, 0.15) is 5.56 Å². The lowest BCUT2D eigenvalue weighted by Gasteiger charge is -2.07. The van der Waals surface area contributed by atoms with E-state index in [1.54, 1.807) is 18.2 Å². The number of amides is 1. The Bertz CT molecular complexity index is 900. The number of fused-ring (bicyclic) bond motifs is 1.